The van der Waals surface area contributed by atoms with Crippen molar-refractivity contribution in [2.75, 3.05) is 18.5 Å². The van der Waals surface area contributed by atoms with E-state index in [0.717, 1.165) is 29.5 Å². The van der Waals surface area contributed by atoms with Crippen molar-refractivity contribution in [3.8, 4) is 0 Å². The highest BCUT2D eigenvalue weighted by molar-refractivity contribution is 5.47. The molecule has 1 aromatic heterocycles. The number of aryl methyl sites for hydroxylation is 1. The summed E-state index contributed by atoms with van der Waals surface area (Å²) in [4.78, 5) is 6.86. The second kappa shape index (κ2) is 4.83. The lowest BCUT2D eigenvalue weighted by molar-refractivity contribution is 0.321. The van der Waals surface area contributed by atoms with Crippen LogP contribution in [0.15, 0.2) is 12.1 Å². The summed E-state index contributed by atoms with van der Waals surface area (Å²) in [5.41, 5.74) is 7.96. The summed E-state index contributed by atoms with van der Waals surface area (Å²) in [7, 11) is 2.12. The second-order valence-corrected chi connectivity index (χ2v) is 4.82. The van der Waals surface area contributed by atoms with Gasteiger partial charge in [-0.1, -0.05) is 12.5 Å². The molecule has 1 aliphatic carbocycles. The average Bonchev–Trinajstić information content (AvgIpc) is 2.23. The summed E-state index contributed by atoms with van der Waals surface area (Å²) in [5, 5.41) is 0. The standard InChI is InChI=1S/C13H21N3/c1-10-6-7-12(8-14)13(15-10)16(2)9-11-4-3-5-11/h6-7,11H,3-5,8-9,14H2,1-2H3. The van der Waals surface area contributed by atoms with Crippen LogP contribution in [0.3, 0.4) is 0 Å². The Morgan fingerprint density at radius 1 is 1.44 bits per heavy atom. The molecule has 0 amide bonds. The van der Waals surface area contributed by atoms with E-state index in [4.69, 9.17) is 5.73 Å². The van der Waals surface area contributed by atoms with Crippen LogP contribution in [0.25, 0.3) is 0 Å². The molecule has 3 heteroatoms. The molecule has 0 unspecified atom stereocenters. The fourth-order valence-electron chi connectivity index (χ4n) is 2.21. The molecule has 0 bridgehead atoms. The first kappa shape index (κ1) is 11.4. The number of pyridine rings is 1. The molecule has 1 saturated carbocycles. The van der Waals surface area contributed by atoms with E-state index in [0.29, 0.717) is 6.54 Å². The summed E-state index contributed by atoms with van der Waals surface area (Å²) < 4.78 is 0. The Bertz CT molecular complexity index is 358. The van der Waals surface area contributed by atoms with E-state index < -0.39 is 0 Å². The Morgan fingerprint density at radius 2 is 2.19 bits per heavy atom. The van der Waals surface area contributed by atoms with Crippen LogP contribution in [0.4, 0.5) is 5.82 Å². The molecule has 1 aromatic rings. The lowest BCUT2D eigenvalue weighted by Gasteiger charge is -2.31. The minimum absolute atomic E-state index is 0.567. The van der Waals surface area contributed by atoms with Gasteiger partial charge in [0.2, 0.25) is 0 Å². The minimum Gasteiger partial charge on any atom is -0.359 e. The first-order valence-corrected chi connectivity index (χ1v) is 6.08. The van der Waals surface area contributed by atoms with Gasteiger partial charge in [0, 0.05) is 31.4 Å². The van der Waals surface area contributed by atoms with Crippen molar-refractivity contribution in [2.45, 2.75) is 32.7 Å². The molecule has 88 valence electrons. The van der Waals surface area contributed by atoms with Gasteiger partial charge in [0.15, 0.2) is 0 Å². The summed E-state index contributed by atoms with van der Waals surface area (Å²) >= 11 is 0. The molecule has 1 aliphatic rings. The highest BCUT2D eigenvalue weighted by Crippen LogP contribution is 2.28. The van der Waals surface area contributed by atoms with Crippen LogP contribution in [0.1, 0.15) is 30.5 Å². The van der Waals surface area contributed by atoms with Crippen molar-refractivity contribution in [2.24, 2.45) is 11.7 Å². The van der Waals surface area contributed by atoms with E-state index in [1.54, 1.807) is 0 Å². The van der Waals surface area contributed by atoms with Crippen LogP contribution in [0.2, 0.25) is 0 Å². The molecule has 3 nitrogen and oxygen atoms in total. The average molecular weight is 219 g/mol. The number of nitrogens with two attached hydrogens (primary N) is 1. The molecule has 1 fully saturated rings. The van der Waals surface area contributed by atoms with E-state index in [2.05, 4.69) is 23.0 Å². The molecule has 0 atom stereocenters. The Kier molecular flexibility index (Phi) is 3.44. The van der Waals surface area contributed by atoms with Gasteiger partial charge in [-0.05, 0) is 31.7 Å². The van der Waals surface area contributed by atoms with E-state index in [-0.39, 0.29) is 0 Å². The SMILES string of the molecule is Cc1ccc(CN)c(N(C)CC2CCC2)n1. The highest BCUT2D eigenvalue weighted by atomic mass is 15.2. The van der Waals surface area contributed by atoms with Crippen molar-refractivity contribution >= 4 is 5.82 Å². The van der Waals surface area contributed by atoms with Crippen LogP contribution in [0, 0.1) is 12.8 Å². The fraction of sp³-hybridized carbons (Fsp3) is 0.615. The second-order valence-electron chi connectivity index (χ2n) is 4.82. The van der Waals surface area contributed by atoms with Crippen molar-refractivity contribution in [3.63, 3.8) is 0 Å². The quantitative estimate of drug-likeness (QED) is 0.843. The summed E-state index contributed by atoms with van der Waals surface area (Å²) in [6, 6.07) is 4.12. The third-order valence-electron chi connectivity index (χ3n) is 3.43. The number of anilines is 1. The van der Waals surface area contributed by atoms with Gasteiger partial charge in [0.25, 0.3) is 0 Å². The summed E-state index contributed by atoms with van der Waals surface area (Å²) in [6.45, 7) is 3.71. The maximum Gasteiger partial charge on any atom is 0.133 e. The van der Waals surface area contributed by atoms with Gasteiger partial charge in [-0.2, -0.15) is 0 Å². The number of hydrogen-bond acceptors (Lipinski definition) is 3. The zero-order valence-electron chi connectivity index (χ0n) is 10.2. The molecule has 0 aromatic carbocycles. The predicted octanol–water partition coefficient (Wildman–Crippen LogP) is 2.09. The smallest absolute Gasteiger partial charge is 0.133 e. The molecule has 0 spiro atoms. The Hall–Kier alpha value is -1.09. The van der Waals surface area contributed by atoms with Gasteiger partial charge in [-0.15, -0.1) is 0 Å². The van der Waals surface area contributed by atoms with Gasteiger partial charge in [0.1, 0.15) is 5.82 Å². The van der Waals surface area contributed by atoms with Gasteiger partial charge >= 0.3 is 0 Å². The molecular weight excluding hydrogens is 198 g/mol. The zero-order chi connectivity index (χ0) is 11.5. The molecule has 0 radical (unpaired) electrons. The molecule has 1 heterocycles. The minimum atomic E-state index is 0.567. The number of rotatable bonds is 4. The van der Waals surface area contributed by atoms with Crippen LogP contribution in [-0.2, 0) is 6.54 Å². The molecular formula is C13H21N3. The van der Waals surface area contributed by atoms with Crippen LogP contribution in [-0.4, -0.2) is 18.6 Å². The largest absolute Gasteiger partial charge is 0.359 e. The van der Waals surface area contributed by atoms with Crippen molar-refractivity contribution in [1.29, 1.82) is 0 Å². The molecule has 0 aliphatic heterocycles. The molecule has 0 saturated heterocycles. The van der Waals surface area contributed by atoms with E-state index in [9.17, 15) is 0 Å². The normalized spacial score (nSPS) is 15.9. The van der Waals surface area contributed by atoms with Crippen LogP contribution >= 0.6 is 0 Å². The number of nitrogens with zero attached hydrogens (tertiary/aromatic N) is 2. The topological polar surface area (TPSA) is 42.1 Å². The van der Waals surface area contributed by atoms with Crippen LogP contribution in [0.5, 0.6) is 0 Å². The highest BCUT2D eigenvalue weighted by Gasteiger charge is 2.20. The van der Waals surface area contributed by atoms with Crippen molar-refractivity contribution in [1.82, 2.24) is 4.98 Å². The van der Waals surface area contributed by atoms with E-state index in [1.807, 2.05) is 13.0 Å². The third-order valence-corrected chi connectivity index (χ3v) is 3.43. The third kappa shape index (κ3) is 2.35. The first-order valence-electron chi connectivity index (χ1n) is 6.08. The number of aromatic nitrogens is 1. The van der Waals surface area contributed by atoms with Gasteiger partial charge in [0.05, 0.1) is 0 Å². The maximum atomic E-state index is 5.75. The van der Waals surface area contributed by atoms with E-state index >= 15 is 0 Å². The Labute approximate surface area is 97.7 Å². The van der Waals surface area contributed by atoms with Crippen molar-refractivity contribution < 1.29 is 0 Å². The van der Waals surface area contributed by atoms with Gasteiger partial charge < -0.3 is 10.6 Å². The maximum absolute atomic E-state index is 5.75. The molecule has 2 rings (SSSR count). The summed E-state index contributed by atoms with van der Waals surface area (Å²) in [5.74, 6) is 1.92. The first-order chi connectivity index (χ1) is 7.70. The number of hydrogen-bond donors (Lipinski definition) is 1. The van der Waals surface area contributed by atoms with Gasteiger partial charge in [-0.3, -0.25) is 0 Å². The van der Waals surface area contributed by atoms with Crippen LogP contribution < -0.4 is 10.6 Å². The Balaban J connectivity index is 2.13. The Morgan fingerprint density at radius 3 is 2.75 bits per heavy atom. The zero-order valence-corrected chi connectivity index (χ0v) is 10.2. The van der Waals surface area contributed by atoms with Crippen molar-refractivity contribution in [3.05, 3.63) is 23.4 Å². The predicted molar refractivity (Wildman–Crippen MR) is 67.5 cm³/mol. The van der Waals surface area contributed by atoms with E-state index in [1.165, 1.54) is 19.3 Å². The van der Waals surface area contributed by atoms with Gasteiger partial charge in [-0.25, -0.2) is 4.98 Å². The monoisotopic (exact) mass is 219 g/mol. The summed E-state index contributed by atoms with van der Waals surface area (Å²) in [6.07, 6.45) is 4.13. The molecule has 2 N–H and O–H groups in total. The lowest BCUT2D eigenvalue weighted by Crippen LogP contribution is -2.30. The molecule has 16 heavy (non-hydrogen) atoms. The fourth-order valence-corrected chi connectivity index (χ4v) is 2.21. The lowest BCUT2D eigenvalue weighted by atomic mass is 9.85.